The van der Waals surface area contributed by atoms with Crippen molar-refractivity contribution in [2.24, 2.45) is 11.6 Å². The van der Waals surface area contributed by atoms with Gasteiger partial charge in [0.05, 0.1) is 0 Å². The predicted molar refractivity (Wildman–Crippen MR) is 47.3 cm³/mol. The molecule has 72 valence electrons. The summed E-state index contributed by atoms with van der Waals surface area (Å²) < 4.78 is 5.19. The summed E-state index contributed by atoms with van der Waals surface area (Å²) in [4.78, 5) is 11.3. The summed E-state index contributed by atoms with van der Waals surface area (Å²) in [6.45, 7) is 1.78. The third-order valence-electron chi connectivity index (χ3n) is 1.68. The van der Waals surface area contributed by atoms with E-state index in [1.165, 1.54) is 7.05 Å². The number of aryl methyl sites for hydroxylation is 1. The van der Waals surface area contributed by atoms with Crippen molar-refractivity contribution in [2.45, 2.75) is 13.0 Å². The van der Waals surface area contributed by atoms with Crippen molar-refractivity contribution in [2.75, 3.05) is 7.05 Å². The maximum absolute atomic E-state index is 11.3. The van der Waals surface area contributed by atoms with E-state index in [0.717, 1.165) is 10.8 Å². The molecule has 0 aromatic carbocycles. The van der Waals surface area contributed by atoms with E-state index in [4.69, 9.17) is 16.0 Å². The zero-order chi connectivity index (χ0) is 10.0. The van der Waals surface area contributed by atoms with Crippen LogP contribution in [0.5, 0.6) is 0 Å². The Hall–Kier alpha value is -1.33. The maximum Gasteiger partial charge on any atom is 0.260 e. The first kappa shape index (κ1) is 9.76. The zero-order valence-corrected chi connectivity index (χ0v) is 7.65. The Morgan fingerprint density at radius 3 is 2.62 bits per heavy atom. The van der Waals surface area contributed by atoms with Crippen LogP contribution < -0.4 is 11.6 Å². The fourth-order valence-electron chi connectivity index (χ4n) is 0.962. The number of nitrogens with zero attached hydrogens (tertiary/aromatic N) is 1. The van der Waals surface area contributed by atoms with Crippen LogP contribution in [0.3, 0.4) is 0 Å². The lowest BCUT2D eigenvalue weighted by Gasteiger charge is -2.13. The molecule has 1 unspecified atom stereocenters. The van der Waals surface area contributed by atoms with Gasteiger partial charge in [0.25, 0.3) is 5.91 Å². The summed E-state index contributed by atoms with van der Waals surface area (Å²) in [6.07, 6.45) is 0. The molecule has 1 rings (SSSR count). The molecule has 0 saturated carbocycles. The largest absolute Gasteiger partial charge is 0.464 e. The molecule has 5 heteroatoms. The molecule has 1 heterocycles. The van der Waals surface area contributed by atoms with Crippen LogP contribution in [0.25, 0.3) is 0 Å². The van der Waals surface area contributed by atoms with Crippen molar-refractivity contribution < 1.29 is 9.21 Å². The summed E-state index contributed by atoms with van der Waals surface area (Å²) in [7, 11) is 1.44. The lowest BCUT2D eigenvalue weighted by Crippen LogP contribution is -2.40. The van der Waals surface area contributed by atoms with Gasteiger partial charge in [0.15, 0.2) is 0 Å². The zero-order valence-electron chi connectivity index (χ0n) is 7.65. The summed E-state index contributed by atoms with van der Waals surface area (Å²) >= 11 is 0. The number of carbonyl (C=O) groups excluding carboxylic acids is 1. The second-order valence-electron chi connectivity index (χ2n) is 2.88. The molecule has 0 radical (unpaired) electrons. The summed E-state index contributed by atoms with van der Waals surface area (Å²) in [6, 6.07) is 2.60. The predicted octanol–water partition coefficient (Wildman–Crippen LogP) is -0.0801. The highest BCUT2D eigenvalue weighted by molar-refractivity contribution is 5.81. The molecule has 1 amide bonds. The Morgan fingerprint density at radius 2 is 2.23 bits per heavy atom. The van der Waals surface area contributed by atoms with E-state index in [1.54, 1.807) is 19.1 Å². The van der Waals surface area contributed by atoms with Crippen LogP contribution in [0, 0.1) is 6.92 Å². The second-order valence-corrected chi connectivity index (χ2v) is 2.88. The van der Waals surface area contributed by atoms with Gasteiger partial charge in [0.1, 0.15) is 17.6 Å². The van der Waals surface area contributed by atoms with Gasteiger partial charge in [-0.15, -0.1) is 0 Å². The number of amides is 1. The first-order chi connectivity index (χ1) is 6.02. The van der Waals surface area contributed by atoms with Crippen LogP contribution in [0.15, 0.2) is 16.5 Å². The van der Waals surface area contributed by atoms with Crippen LogP contribution in [0.4, 0.5) is 0 Å². The van der Waals surface area contributed by atoms with E-state index in [0.29, 0.717) is 5.76 Å². The molecule has 4 N–H and O–H groups in total. The number of carbonyl (C=O) groups is 1. The number of likely N-dealkylation sites (N-methyl/N-ethyl adjacent to an activating group) is 1. The van der Waals surface area contributed by atoms with E-state index in [2.05, 4.69) is 0 Å². The Morgan fingerprint density at radius 1 is 1.62 bits per heavy atom. The third-order valence-corrected chi connectivity index (χ3v) is 1.68. The van der Waals surface area contributed by atoms with Crippen LogP contribution in [0.2, 0.25) is 0 Å². The smallest absolute Gasteiger partial charge is 0.260 e. The fraction of sp³-hybridized carbons (Fsp3) is 0.375. The molecular formula is C8H13N3O2. The molecule has 1 aromatic heterocycles. The highest BCUT2D eigenvalue weighted by Gasteiger charge is 2.20. The molecule has 1 atom stereocenters. The highest BCUT2D eigenvalue weighted by atomic mass is 16.3. The number of furan rings is 1. The fourth-order valence-corrected chi connectivity index (χ4v) is 0.962. The second kappa shape index (κ2) is 3.59. The van der Waals surface area contributed by atoms with Crippen molar-refractivity contribution in [3.63, 3.8) is 0 Å². The first-order valence-electron chi connectivity index (χ1n) is 3.86. The average Bonchev–Trinajstić information content (AvgIpc) is 2.49. The summed E-state index contributed by atoms with van der Waals surface area (Å²) in [5.41, 5.74) is 5.59. The molecule has 0 aliphatic carbocycles. The van der Waals surface area contributed by atoms with Crippen LogP contribution in [-0.2, 0) is 4.79 Å². The van der Waals surface area contributed by atoms with Gasteiger partial charge in [-0.2, -0.15) is 0 Å². The van der Waals surface area contributed by atoms with Gasteiger partial charge in [-0.3, -0.25) is 9.80 Å². The molecule has 0 bridgehead atoms. The Bertz CT molecular complexity index is 306. The normalized spacial score (nSPS) is 12.6. The Labute approximate surface area is 76.3 Å². The van der Waals surface area contributed by atoms with Gasteiger partial charge >= 0.3 is 0 Å². The van der Waals surface area contributed by atoms with Crippen LogP contribution in [0.1, 0.15) is 17.6 Å². The van der Waals surface area contributed by atoms with Crippen molar-refractivity contribution in [1.29, 1.82) is 0 Å². The van der Waals surface area contributed by atoms with Crippen molar-refractivity contribution in [3.8, 4) is 0 Å². The minimum atomic E-state index is -0.816. The van der Waals surface area contributed by atoms with Crippen molar-refractivity contribution >= 4 is 5.91 Å². The van der Waals surface area contributed by atoms with Crippen LogP contribution >= 0.6 is 0 Å². The number of hydrogen-bond acceptors (Lipinski definition) is 4. The minimum absolute atomic E-state index is 0.380. The molecule has 0 aliphatic heterocycles. The SMILES string of the molecule is Cc1ccc(C(N)C(=O)N(C)N)o1. The average molecular weight is 183 g/mol. The van der Waals surface area contributed by atoms with Crippen molar-refractivity contribution in [3.05, 3.63) is 23.7 Å². The number of hydrogen-bond donors (Lipinski definition) is 2. The topological polar surface area (TPSA) is 85.5 Å². The van der Waals surface area contributed by atoms with E-state index >= 15 is 0 Å². The Kier molecular flexibility index (Phi) is 2.69. The maximum atomic E-state index is 11.3. The van der Waals surface area contributed by atoms with E-state index in [-0.39, 0.29) is 5.91 Å². The monoisotopic (exact) mass is 183 g/mol. The van der Waals surface area contributed by atoms with Gasteiger partial charge in [-0.1, -0.05) is 0 Å². The summed E-state index contributed by atoms with van der Waals surface area (Å²) in [5.74, 6) is 6.01. The quantitative estimate of drug-likeness (QED) is 0.381. The van der Waals surface area contributed by atoms with Gasteiger partial charge < -0.3 is 10.2 Å². The molecule has 1 aromatic rings. The molecular weight excluding hydrogens is 170 g/mol. The molecule has 0 fully saturated rings. The molecule has 0 saturated heterocycles. The van der Waals surface area contributed by atoms with Gasteiger partial charge in [0, 0.05) is 7.05 Å². The Balaban J connectivity index is 2.79. The first-order valence-corrected chi connectivity index (χ1v) is 3.86. The van der Waals surface area contributed by atoms with Crippen molar-refractivity contribution in [1.82, 2.24) is 5.01 Å². The third kappa shape index (κ3) is 2.07. The van der Waals surface area contributed by atoms with Gasteiger partial charge in [0.2, 0.25) is 0 Å². The molecule has 0 spiro atoms. The number of nitrogens with two attached hydrogens (primary N) is 2. The molecule has 0 aliphatic rings. The van der Waals surface area contributed by atoms with E-state index in [9.17, 15) is 4.79 Å². The van der Waals surface area contributed by atoms with Crippen LogP contribution in [-0.4, -0.2) is 18.0 Å². The summed E-state index contributed by atoms with van der Waals surface area (Å²) in [5, 5.41) is 0.947. The van der Waals surface area contributed by atoms with Gasteiger partial charge in [-0.25, -0.2) is 5.84 Å². The lowest BCUT2D eigenvalue weighted by molar-refractivity contribution is -0.132. The van der Waals surface area contributed by atoms with E-state index < -0.39 is 6.04 Å². The van der Waals surface area contributed by atoms with Gasteiger partial charge in [-0.05, 0) is 19.1 Å². The minimum Gasteiger partial charge on any atom is -0.464 e. The molecule has 13 heavy (non-hydrogen) atoms. The number of rotatable bonds is 2. The number of hydrazine groups is 1. The van der Waals surface area contributed by atoms with E-state index in [1.807, 2.05) is 0 Å². The molecule has 5 nitrogen and oxygen atoms in total. The highest BCUT2D eigenvalue weighted by Crippen LogP contribution is 2.14. The standard InChI is InChI=1S/C8H13N3O2/c1-5-3-4-6(13-5)7(9)8(12)11(2)10/h3-4,7H,9-10H2,1-2H3. The lowest BCUT2D eigenvalue weighted by atomic mass is 10.2.